The van der Waals surface area contributed by atoms with E-state index in [9.17, 15) is 30.7 Å². The molecule has 1 N–H and O–H groups in total. The molecule has 0 heterocycles. The van der Waals surface area contributed by atoms with Crippen molar-refractivity contribution in [3.05, 3.63) is 29.8 Å². The Bertz CT molecular complexity index is 511. The van der Waals surface area contributed by atoms with Crippen LogP contribution in [-0.2, 0) is 0 Å². The van der Waals surface area contributed by atoms with Gasteiger partial charge in [-0.2, -0.15) is 35.8 Å². The van der Waals surface area contributed by atoms with Gasteiger partial charge < -0.3 is 4.74 Å². The summed E-state index contributed by atoms with van der Waals surface area (Å²) in [5.74, 6) is -5.78. The summed E-state index contributed by atoms with van der Waals surface area (Å²) < 4.78 is 91.5. The zero-order valence-corrected chi connectivity index (χ0v) is 11.1. The maximum Gasteiger partial charge on any atom is 0.462 e. The quantitative estimate of drug-likeness (QED) is 0.372. The third-order valence-corrected chi connectivity index (χ3v) is 2.36. The highest BCUT2D eigenvalue weighted by Crippen LogP contribution is 2.44. The first-order valence-electron chi connectivity index (χ1n) is 5.86. The number of halogens is 7. The Morgan fingerprint density at radius 1 is 1.05 bits per heavy atom. The minimum Gasteiger partial charge on any atom is -0.494 e. The van der Waals surface area contributed by atoms with Gasteiger partial charge in [0.15, 0.2) is 0 Å². The molecule has 0 aliphatic rings. The number of hydrazone groups is 1. The molecule has 3 nitrogen and oxygen atoms in total. The molecule has 1 aromatic rings. The molecule has 0 amide bonds. The number of nitrogens with one attached hydrogen (secondary N) is 1. The third kappa shape index (κ3) is 4.01. The van der Waals surface area contributed by atoms with Crippen molar-refractivity contribution in [1.82, 2.24) is 5.43 Å². The van der Waals surface area contributed by atoms with E-state index in [1.165, 1.54) is 24.3 Å². The first-order valence-corrected chi connectivity index (χ1v) is 5.86. The van der Waals surface area contributed by atoms with Gasteiger partial charge in [0, 0.05) is 0 Å². The molecule has 0 atom stereocenters. The van der Waals surface area contributed by atoms with E-state index < -0.39 is 18.1 Å². The van der Waals surface area contributed by atoms with Gasteiger partial charge in [0.25, 0.3) is 0 Å². The molecule has 0 aromatic heterocycles. The average Bonchev–Trinajstić information content (AvgIpc) is 2.39. The lowest BCUT2D eigenvalue weighted by Crippen LogP contribution is -2.58. The molecule has 124 valence electrons. The van der Waals surface area contributed by atoms with Crippen LogP contribution in [0.3, 0.4) is 0 Å². The number of rotatable bonds is 6. The molecule has 0 aliphatic heterocycles. The van der Waals surface area contributed by atoms with Gasteiger partial charge in [-0.25, -0.2) is 5.43 Å². The van der Waals surface area contributed by atoms with Crippen LogP contribution in [0.1, 0.15) is 12.5 Å². The van der Waals surface area contributed by atoms with Gasteiger partial charge in [-0.1, -0.05) is 0 Å². The van der Waals surface area contributed by atoms with E-state index in [2.05, 4.69) is 5.10 Å². The molecule has 0 radical (unpaired) electrons. The maximum absolute atomic E-state index is 12.8. The number of ether oxygens (including phenoxy) is 1. The molecule has 0 saturated carbocycles. The van der Waals surface area contributed by atoms with Crippen molar-refractivity contribution < 1.29 is 35.5 Å². The highest BCUT2D eigenvalue weighted by atomic mass is 19.4. The highest BCUT2D eigenvalue weighted by molar-refractivity contribution is 5.79. The summed E-state index contributed by atoms with van der Waals surface area (Å²) in [7, 11) is 0. The van der Waals surface area contributed by atoms with Gasteiger partial charge in [-0.05, 0) is 36.8 Å². The lowest BCUT2D eigenvalue weighted by atomic mass is 10.2. The van der Waals surface area contributed by atoms with Crippen LogP contribution in [0.5, 0.6) is 5.75 Å². The van der Waals surface area contributed by atoms with Gasteiger partial charge in [-0.3, -0.25) is 0 Å². The fourth-order valence-electron chi connectivity index (χ4n) is 1.25. The summed E-state index contributed by atoms with van der Waals surface area (Å²) in [6.45, 7) is 2.13. The van der Waals surface area contributed by atoms with E-state index in [1.807, 2.05) is 0 Å². The SMILES string of the molecule is CCOc1ccc(/C=N/NC(F)(F)C(F)(F)C(F)(F)F)cc1. The fourth-order valence-corrected chi connectivity index (χ4v) is 1.25. The van der Waals surface area contributed by atoms with Crippen molar-refractivity contribution >= 4 is 6.21 Å². The van der Waals surface area contributed by atoms with Crippen LogP contribution in [0, 0.1) is 0 Å². The van der Waals surface area contributed by atoms with Gasteiger partial charge >= 0.3 is 18.1 Å². The number of hydrogen-bond donors (Lipinski definition) is 1. The lowest BCUT2D eigenvalue weighted by molar-refractivity contribution is -0.361. The summed E-state index contributed by atoms with van der Waals surface area (Å²) in [4.78, 5) is 0. The topological polar surface area (TPSA) is 33.6 Å². The molecule has 0 saturated heterocycles. The van der Waals surface area contributed by atoms with Crippen molar-refractivity contribution in [1.29, 1.82) is 0 Å². The summed E-state index contributed by atoms with van der Waals surface area (Å²) in [6, 6.07) is 0.0417. The van der Waals surface area contributed by atoms with E-state index in [0.29, 0.717) is 24.0 Å². The Morgan fingerprint density at radius 2 is 1.59 bits per heavy atom. The van der Waals surface area contributed by atoms with Crippen molar-refractivity contribution in [3.8, 4) is 5.75 Å². The van der Waals surface area contributed by atoms with Crippen LogP contribution >= 0.6 is 0 Å². The van der Waals surface area contributed by atoms with Crippen LogP contribution in [0.25, 0.3) is 0 Å². The van der Waals surface area contributed by atoms with Crippen LogP contribution in [-0.4, -0.2) is 31.0 Å². The molecule has 1 rings (SSSR count). The summed E-state index contributed by atoms with van der Waals surface area (Å²) in [6.07, 6.45) is -5.73. The van der Waals surface area contributed by atoms with Gasteiger partial charge in [0.1, 0.15) is 5.75 Å². The Labute approximate surface area is 120 Å². The van der Waals surface area contributed by atoms with Crippen molar-refractivity contribution in [2.75, 3.05) is 6.61 Å². The molecular formula is C12H11F7N2O. The summed E-state index contributed by atoms with van der Waals surface area (Å²) in [5, 5.41) is 2.72. The smallest absolute Gasteiger partial charge is 0.462 e. The third-order valence-electron chi connectivity index (χ3n) is 2.36. The fraction of sp³-hybridized carbons (Fsp3) is 0.417. The van der Waals surface area contributed by atoms with Crippen LogP contribution < -0.4 is 10.2 Å². The second-order valence-corrected chi connectivity index (χ2v) is 4.02. The molecule has 0 bridgehead atoms. The van der Waals surface area contributed by atoms with E-state index in [0.717, 1.165) is 0 Å². The largest absolute Gasteiger partial charge is 0.494 e. The van der Waals surface area contributed by atoms with Gasteiger partial charge in [-0.15, -0.1) is 0 Å². The number of nitrogens with zero attached hydrogens (tertiary/aromatic N) is 1. The van der Waals surface area contributed by atoms with E-state index >= 15 is 0 Å². The summed E-state index contributed by atoms with van der Waals surface area (Å²) in [5.41, 5.74) is 0.725. The van der Waals surface area contributed by atoms with Crippen LogP contribution in [0.4, 0.5) is 30.7 Å². The highest BCUT2D eigenvalue weighted by Gasteiger charge is 2.73. The van der Waals surface area contributed by atoms with Crippen LogP contribution in [0.15, 0.2) is 29.4 Å². The molecule has 0 spiro atoms. The molecule has 0 aliphatic carbocycles. The molecule has 10 heteroatoms. The van der Waals surface area contributed by atoms with Crippen molar-refractivity contribution in [2.24, 2.45) is 5.10 Å². The van der Waals surface area contributed by atoms with E-state index in [1.54, 1.807) is 6.92 Å². The number of benzene rings is 1. The Kier molecular flexibility index (Phi) is 5.26. The zero-order valence-electron chi connectivity index (χ0n) is 11.1. The van der Waals surface area contributed by atoms with Crippen molar-refractivity contribution in [3.63, 3.8) is 0 Å². The lowest BCUT2D eigenvalue weighted by Gasteiger charge is -2.27. The standard InChI is InChI=1S/C12H11F7N2O/c1-2-22-9-5-3-8(4-6-9)7-20-21-12(18,19)10(13,14)11(15,16)17/h3-7,21H,2H2,1H3/b20-7+. The van der Waals surface area contributed by atoms with Gasteiger partial charge in [0.05, 0.1) is 12.8 Å². The number of hydrogen-bond acceptors (Lipinski definition) is 3. The van der Waals surface area contributed by atoms with Crippen molar-refractivity contribution in [2.45, 2.75) is 25.1 Å². The monoisotopic (exact) mass is 332 g/mol. The normalized spacial score (nSPS) is 13.5. The molecule has 0 fully saturated rings. The first-order chi connectivity index (χ1) is 10.0. The van der Waals surface area contributed by atoms with Crippen LogP contribution in [0.2, 0.25) is 0 Å². The average molecular weight is 332 g/mol. The minimum absolute atomic E-state index is 0.196. The zero-order chi connectivity index (χ0) is 17.0. The van der Waals surface area contributed by atoms with E-state index in [-0.39, 0.29) is 5.56 Å². The Hall–Kier alpha value is -2.00. The molecule has 0 unspecified atom stereocenters. The predicted molar refractivity (Wildman–Crippen MR) is 64.3 cm³/mol. The second kappa shape index (κ2) is 6.41. The molecular weight excluding hydrogens is 321 g/mol. The maximum atomic E-state index is 12.8. The Morgan fingerprint density at radius 3 is 2.05 bits per heavy atom. The van der Waals surface area contributed by atoms with E-state index in [4.69, 9.17) is 4.74 Å². The molecule has 22 heavy (non-hydrogen) atoms. The number of alkyl halides is 7. The first kappa shape index (κ1) is 18.1. The predicted octanol–water partition coefficient (Wildman–Crippen LogP) is 3.80. The Balaban J connectivity index is 2.75. The summed E-state index contributed by atoms with van der Waals surface area (Å²) >= 11 is 0. The minimum atomic E-state index is -6.40. The molecule has 1 aromatic carbocycles. The van der Waals surface area contributed by atoms with Gasteiger partial charge in [0.2, 0.25) is 0 Å². The second-order valence-electron chi connectivity index (χ2n) is 4.02.